The smallest absolute Gasteiger partial charge is 0.231 e. The molecule has 2 aromatic rings. The van der Waals surface area contributed by atoms with Crippen molar-refractivity contribution < 1.29 is 9.53 Å². The zero-order chi connectivity index (χ0) is 12.5. The first-order valence-electron chi connectivity index (χ1n) is 5.82. The number of rotatable bonds is 2. The number of nitrogens with zero attached hydrogens (tertiary/aromatic N) is 1. The van der Waals surface area contributed by atoms with Gasteiger partial charge in [-0.1, -0.05) is 12.1 Å². The number of hydrogen-bond acceptors (Lipinski definition) is 4. The Kier molecular flexibility index (Phi) is 2.73. The van der Waals surface area contributed by atoms with Gasteiger partial charge in [0.05, 0.1) is 36.5 Å². The van der Waals surface area contributed by atoms with Gasteiger partial charge in [0.15, 0.2) is 0 Å². The first-order chi connectivity index (χ1) is 8.75. The van der Waals surface area contributed by atoms with E-state index in [1.807, 2.05) is 18.2 Å². The summed E-state index contributed by atoms with van der Waals surface area (Å²) in [6.45, 7) is 0.818. The number of amides is 1. The summed E-state index contributed by atoms with van der Waals surface area (Å²) in [5.74, 6) is -0.398. The fourth-order valence-corrected chi connectivity index (χ4v) is 2.14. The summed E-state index contributed by atoms with van der Waals surface area (Å²) >= 11 is 0. The topological polar surface area (TPSA) is 93.0 Å². The summed E-state index contributed by atoms with van der Waals surface area (Å²) in [5.41, 5.74) is 7.35. The molecule has 1 saturated heterocycles. The van der Waals surface area contributed by atoms with Gasteiger partial charge in [-0.2, -0.15) is 5.10 Å². The normalized spacial score (nSPS) is 23.4. The molecule has 4 N–H and O–H groups in total. The molecule has 18 heavy (non-hydrogen) atoms. The van der Waals surface area contributed by atoms with Crippen LogP contribution in [-0.2, 0) is 9.53 Å². The lowest BCUT2D eigenvalue weighted by Crippen LogP contribution is -2.37. The SMILES string of the molecule is NC1COCC1C(=O)Nc1cccc2cn[nH]c12. The number of ether oxygens (including phenoxy) is 1. The van der Waals surface area contributed by atoms with E-state index < -0.39 is 0 Å². The summed E-state index contributed by atoms with van der Waals surface area (Å²) < 4.78 is 5.19. The number of carbonyl (C=O) groups is 1. The molecule has 2 unspecified atom stereocenters. The van der Waals surface area contributed by atoms with E-state index in [4.69, 9.17) is 10.5 Å². The molecule has 1 aromatic carbocycles. The highest BCUT2D eigenvalue weighted by Gasteiger charge is 2.31. The molecule has 2 heterocycles. The number of nitrogens with one attached hydrogen (secondary N) is 2. The van der Waals surface area contributed by atoms with Gasteiger partial charge in [0, 0.05) is 11.4 Å². The van der Waals surface area contributed by atoms with Gasteiger partial charge in [-0.15, -0.1) is 0 Å². The predicted octanol–water partition coefficient (Wildman–Crippen LogP) is 0.475. The molecule has 0 spiro atoms. The molecule has 1 aromatic heterocycles. The van der Waals surface area contributed by atoms with Crippen LogP contribution in [0.4, 0.5) is 5.69 Å². The third-order valence-electron chi connectivity index (χ3n) is 3.20. The van der Waals surface area contributed by atoms with Crippen LogP contribution >= 0.6 is 0 Å². The van der Waals surface area contributed by atoms with Crippen LogP contribution in [0.5, 0.6) is 0 Å². The Morgan fingerprint density at radius 1 is 1.50 bits per heavy atom. The van der Waals surface area contributed by atoms with E-state index in [1.165, 1.54) is 0 Å². The highest BCUT2D eigenvalue weighted by molar-refractivity contribution is 6.01. The third-order valence-corrected chi connectivity index (χ3v) is 3.20. The minimum Gasteiger partial charge on any atom is -0.379 e. The molecule has 2 atom stereocenters. The van der Waals surface area contributed by atoms with Crippen LogP contribution in [0.15, 0.2) is 24.4 Å². The average Bonchev–Trinajstić information content (AvgIpc) is 2.97. The lowest BCUT2D eigenvalue weighted by atomic mass is 10.0. The van der Waals surface area contributed by atoms with E-state index in [1.54, 1.807) is 6.20 Å². The van der Waals surface area contributed by atoms with Crippen molar-refractivity contribution in [2.75, 3.05) is 18.5 Å². The summed E-state index contributed by atoms with van der Waals surface area (Å²) in [6, 6.07) is 5.41. The van der Waals surface area contributed by atoms with Crippen molar-refractivity contribution in [3.63, 3.8) is 0 Å². The summed E-state index contributed by atoms with van der Waals surface area (Å²) in [7, 11) is 0. The lowest BCUT2D eigenvalue weighted by Gasteiger charge is -2.13. The van der Waals surface area contributed by atoms with Crippen molar-refractivity contribution in [2.45, 2.75) is 6.04 Å². The Hall–Kier alpha value is -1.92. The van der Waals surface area contributed by atoms with Crippen molar-refractivity contribution in [3.8, 4) is 0 Å². The van der Waals surface area contributed by atoms with Crippen LogP contribution in [0.25, 0.3) is 10.9 Å². The number of benzene rings is 1. The standard InChI is InChI=1S/C12H14N4O2/c13-9-6-18-5-8(9)12(17)15-10-3-1-2-7-4-14-16-11(7)10/h1-4,8-9H,5-6,13H2,(H,14,16)(H,15,17). The number of nitrogens with two attached hydrogens (primary N) is 1. The minimum atomic E-state index is -0.289. The Balaban J connectivity index is 1.84. The van der Waals surface area contributed by atoms with Gasteiger partial charge in [0.2, 0.25) is 5.91 Å². The number of H-pyrrole nitrogens is 1. The lowest BCUT2D eigenvalue weighted by molar-refractivity contribution is -0.120. The van der Waals surface area contributed by atoms with Gasteiger partial charge >= 0.3 is 0 Å². The molecule has 1 fully saturated rings. The van der Waals surface area contributed by atoms with Crippen LogP contribution in [0, 0.1) is 5.92 Å². The van der Waals surface area contributed by atoms with E-state index in [-0.39, 0.29) is 17.9 Å². The number of fused-ring (bicyclic) bond motifs is 1. The average molecular weight is 246 g/mol. The Bertz CT molecular complexity index is 580. The fourth-order valence-electron chi connectivity index (χ4n) is 2.14. The molecule has 6 heteroatoms. The maximum Gasteiger partial charge on any atom is 0.231 e. The van der Waals surface area contributed by atoms with Crippen molar-refractivity contribution in [1.82, 2.24) is 10.2 Å². The molecule has 0 aliphatic carbocycles. The van der Waals surface area contributed by atoms with Crippen LogP contribution in [-0.4, -0.2) is 35.4 Å². The molecular formula is C12H14N4O2. The first-order valence-corrected chi connectivity index (χ1v) is 5.82. The molecule has 1 aliphatic rings. The van der Waals surface area contributed by atoms with E-state index in [2.05, 4.69) is 15.5 Å². The van der Waals surface area contributed by atoms with Crippen LogP contribution in [0.3, 0.4) is 0 Å². The van der Waals surface area contributed by atoms with Crippen molar-refractivity contribution in [2.24, 2.45) is 11.7 Å². The zero-order valence-electron chi connectivity index (χ0n) is 9.72. The Morgan fingerprint density at radius 2 is 2.39 bits per heavy atom. The van der Waals surface area contributed by atoms with Gasteiger partial charge in [-0.05, 0) is 6.07 Å². The number of anilines is 1. The molecule has 6 nitrogen and oxygen atoms in total. The highest BCUT2D eigenvalue weighted by atomic mass is 16.5. The summed E-state index contributed by atoms with van der Waals surface area (Å²) in [6.07, 6.45) is 1.72. The largest absolute Gasteiger partial charge is 0.379 e. The second-order valence-corrected chi connectivity index (χ2v) is 4.44. The quantitative estimate of drug-likeness (QED) is 0.718. The molecule has 1 aliphatic heterocycles. The van der Waals surface area contributed by atoms with Crippen molar-refractivity contribution >= 4 is 22.5 Å². The molecule has 1 amide bonds. The zero-order valence-corrected chi connectivity index (χ0v) is 9.72. The van der Waals surface area contributed by atoms with E-state index in [0.717, 1.165) is 10.9 Å². The molecular weight excluding hydrogens is 232 g/mol. The van der Waals surface area contributed by atoms with E-state index >= 15 is 0 Å². The molecule has 3 rings (SSSR count). The number of aromatic amines is 1. The second kappa shape index (κ2) is 4.40. The Morgan fingerprint density at radius 3 is 3.17 bits per heavy atom. The van der Waals surface area contributed by atoms with E-state index in [9.17, 15) is 4.79 Å². The molecule has 0 saturated carbocycles. The van der Waals surface area contributed by atoms with E-state index in [0.29, 0.717) is 18.9 Å². The maximum atomic E-state index is 12.1. The number of aromatic nitrogens is 2. The van der Waals surface area contributed by atoms with Gasteiger partial charge in [-0.25, -0.2) is 0 Å². The molecule has 0 bridgehead atoms. The summed E-state index contributed by atoms with van der Waals surface area (Å²) in [4.78, 5) is 12.1. The Labute approximate surface area is 103 Å². The van der Waals surface area contributed by atoms with Crippen molar-refractivity contribution in [3.05, 3.63) is 24.4 Å². The van der Waals surface area contributed by atoms with Gasteiger partial charge < -0.3 is 15.8 Å². The van der Waals surface area contributed by atoms with Gasteiger partial charge in [0.1, 0.15) is 0 Å². The van der Waals surface area contributed by atoms with Crippen LogP contribution < -0.4 is 11.1 Å². The van der Waals surface area contributed by atoms with Gasteiger partial charge in [0.25, 0.3) is 0 Å². The molecule has 0 radical (unpaired) electrons. The second-order valence-electron chi connectivity index (χ2n) is 4.44. The maximum absolute atomic E-state index is 12.1. The minimum absolute atomic E-state index is 0.109. The first kappa shape index (κ1) is 11.2. The third kappa shape index (κ3) is 1.85. The number of hydrogen-bond donors (Lipinski definition) is 3. The molecule has 94 valence electrons. The fraction of sp³-hybridized carbons (Fsp3) is 0.333. The predicted molar refractivity (Wildman–Crippen MR) is 67.0 cm³/mol. The highest BCUT2D eigenvalue weighted by Crippen LogP contribution is 2.22. The van der Waals surface area contributed by atoms with Gasteiger partial charge in [-0.3, -0.25) is 9.89 Å². The number of para-hydroxylation sites is 1. The van der Waals surface area contributed by atoms with Crippen LogP contribution in [0.1, 0.15) is 0 Å². The monoisotopic (exact) mass is 246 g/mol. The number of carbonyl (C=O) groups excluding carboxylic acids is 1. The van der Waals surface area contributed by atoms with Crippen LogP contribution in [0.2, 0.25) is 0 Å². The van der Waals surface area contributed by atoms with Crippen molar-refractivity contribution in [1.29, 1.82) is 0 Å². The summed E-state index contributed by atoms with van der Waals surface area (Å²) in [5, 5.41) is 10.7.